The largest absolute Gasteiger partial charge is 0.495 e. The van der Waals surface area contributed by atoms with Gasteiger partial charge in [-0.1, -0.05) is 6.07 Å². The first-order valence-electron chi connectivity index (χ1n) is 7.75. The van der Waals surface area contributed by atoms with Crippen molar-refractivity contribution in [3.8, 4) is 5.75 Å². The maximum Gasteiger partial charge on any atom is 0.230 e. The van der Waals surface area contributed by atoms with Gasteiger partial charge in [0.05, 0.1) is 24.9 Å². The van der Waals surface area contributed by atoms with E-state index >= 15 is 0 Å². The van der Waals surface area contributed by atoms with E-state index in [0.29, 0.717) is 22.3 Å². The average molecular weight is 345 g/mol. The Hall–Kier alpha value is -2.41. The van der Waals surface area contributed by atoms with Crippen LogP contribution in [0.5, 0.6) is 5.75 Å². The summed E-state index contributed by atoms with van der Waals surface area (Å²) in [5, 5.41) is 7.95. The lowest BCUT2D eigenvalue weighted by molar-refractivity contribution is -0.117. The molecule has 1 saturated carbocycles. The molecule has 1 aliphatic carbocycles. The summed E-state index contributed by atoms with van der Waals surface area (Å²) in [4.78, 5) is 28.2. The minimum Gasteiger partial charge on any atom is -0.495 e. The summed E-state index contributed by atoms with van der Waals surface area (Å²) in [6.07, 6.45) is 2.04. The van der Waals surface area contributed by atoms with Crippen LogP contribution in [0.15, 0.2) is 23.6 Å². The Morgan fingerprint density at radius 2 is 2.12 bits per heavy atom. The monoisotopic (exact) mass is 345 g/mol. The van der Waals surface area contributed by atoms with E-state index in [1.165, 1.54) is 11.3 Å². The summed E-state index contributed by atoms with van der Waals surface area (Å²) in [6.45, 7) is 1.96. The lowest BCUT2D eigenvalue weighted by Gasteiger charge is -2.10. The van der Waals surface area contributed by atoms with E-state index in [1.807, 2.05) is 25.1 Å². The minimum absolute atomic E-state index is 0.0183. The Morgan fingerprint density at radius 1 is 1.33 bits per heavy atom. The van der Waals surface area contributed by atoms with Crippen LogP contribution < -0.4 is 15.4 Å². The lowest BCUT2D eigenvalue weighted by Crippen LogP contribution is -2.16. The molecular formula is C17H19N3O3S. The summed E-state index contributed by atoms with van der Waals surface area (Å²) >= 11 is 1.33. The zero-order valence-corrected chi connectivity index (χ0v) is 14.4. The van der Waals surface area contributed by atoms with Crippen molar-refractivity contribution in [1.29, 1.82) is 0 Å². The van der Waals surface area contributed by atoms with Gasteiger partial charge in [-0.15, -0.1) is 11.3 Å². The second-order valence-electron chi connectivity index (χ2n) is 5.84. The van der Waals surface area contributed by atoms with Crippen molar-refractivity contribution >= 4 is 34.0 Å². The van der Waals surface area contributed by atoms with E-state index < -0.39 is 0 Å². The van der Waals surface area contributed by atoms with Gasteiger partial charge < -0.3 is 15.4 Å². The van der Waals surface area contributed by atoms with E-state index in [9.17, 15) is 9.59 Å². The van der Waals surface area contributed by atoms with Gasteiger partial charge >= 0.3 is 0 Å². The second kappa shape index (κ2) is 7.00. The Labute approximate surface area is 144 Å². The molecule has 2 amide bonds. The first-order valence-corrected chi connectivity index (χ1v) is 8.63. The number of rotatable bonds is 6. The minimum atomic E-state index is -0.178. The predicted molar refractivity (Wildman–Crippen MR) is 93.5 cm³/mol. The number of ether oxygens (including phenoxy) is 1. The number of thiazole rings is 1. The Kier molecular flexibility index (Phi) is 4.80. The van der Waals surface area contributed by atoms with Crippen LogP contribution >= 0.6 is 11.3 Å². The van der Waals surface area contributed by atoms with E-state index in [0.717, 1.165) is 18.4 Å². The molecule has 1 fully saturated rings. The number of benzene rings is 1. The Balaban J connectivity index is 1.59. The van der Waals surface area contributed by atoms with E-state index in [1.54, 1.807) is 12.5 Å². The van der Waals surface area contributed by atoms with Gasteiger partial charge in [0, 0.05) is 11.3 Å². The molecule has 1 aromatic heterocycles. The third kappa shape index (κ3) is 4.11. The second-order valence-corrected chi connectivity index (χ2v) is 6.69. The highest BCUT2D eigenvalue weighted by molar-refractivity contribution is 7.13. The van der Waals surface area contributed by atoms with Gasteiger partial charge in [-0.05, 0) is 37.5 Å². The van der Waals surface area contributed by atoms with Crippen LogP contribution in [0.3, 0.4) is 0 Å². The quantitative estimate of drug-likeness (QED) is 0.843. The number of amides is 2. The molecule has 0 aliphatic heterocycles. The standard InChI is InChI=1S/C17H19N3O3S/c1-10-3-6-13(14(7-10)23-2)19-15(21)8-12-9-24-17(18-12)20-16(22)11-4-5-11/h3,6-7,9,11H,4-5,8H2,1-2H3,(H,19,21)(H,18,20,22). The number of nitrogens with zero attached hydrogens (tertiary/aromatic N) is 1. The molecule has 0 bridgehead atoms. The molecule has 1 aliphatic rings. The molecule has 0 radical (unpaired) electrons. The summed E-state index contributed by atoms with van der Waals surface area (Å²) in [6, 6.07) is 5.59. The fourth-order valence-corrected chi connectivity index (χ4v) is 2.97. The SMILES string of the molecule is COc1cc(C)ccc1NC(=O)Cc1csc(NC(=O)C2CC2)n1. The van der Waals surface area contributed by atoms with Crippen molar-refractivity contribution in [1.82, 2.24) is 4.98 Å². The van der Waals surface area contributed by atoms with Crippen molar-refractivity contribution in [3.63, 3.8) is 0 Å². The van der Waals surface area contributed by atoms with Crippen molar-refractivity contribution < 1.29 is 14.3 Å². The highest BCUT2D eigenvalue weighted by Crippen LogP contribution is 2.30. The fraction of sp³-hybridized carbons (Fsp3) is 0.353. The number of methoxy groups -OCH3 is 1. The Morgan fingerprint density at radius 3 is 2.83 bits per heavy atom. The number of anilines is 2. The summed E-state index contributed by atoms with van der Waals surface area (Å²) in [5.74, 6) is 0.598. The lowest BCUT2D eigenvalue weighted by atomic mass is 10.2. The van der Waals surface area contributed by atoms with Gasteiger partial charge in [-0.2, -0.15) is 0 Å². The molecule has 1 heterocycles. The molecule has 126 valence electrons. The molecule has 0 atom stereocenters. The van der Waals surface area contributed by atoms with Crippen LogP contribution in [0, 0.1) is 12.8 Å². The van der Waals surface area contributed by atoms with Gasteiger partial charge in [0.25, 0.3) is 0 Å². The van der Waals surface area contributed by atoms with Crippen LogP contribution in [0.25, 0.3) is 0 Å². The smallest absolute Gasteiger partial charge is 0.230 e. The number of hydrogen-bond donors (Lipinski definition) is 2. The third-order valence-corrected chi connectivity index (χ3v) is 4.51. The van der Waals surface area contributed by atoms with Gasteiger partial charge in [0.1, 0.15) is 5.75 Å². The van der Waals surface area contributed by atoms with Crippen LogP contribution in [-0.2, 0) is 16.0 Å². The van der Waals surface area contributed by atoms with E-state index in [2.05, 4.69) is 15.6 Å². The van der Waals surface area contributed by atoms with E-state index in [4.69, 9.17) is 4.74 Å². The van der Waals surface area contributed by atoms with Gasteiger partial charge in [-0.3, -0.25) is 9.59 Å². The number of aromatic nitrogens is 1. The predicted octanol–water partition coefficient (Wildman–Crippen LogP) is 2.99. The maximum atomic E-state index is 12.2. The Bertz CT molecular complexity index is 768. The van der Waals surface area contributed by atoms with Crippen molar-refractivity contribution in [3.05, 3.63) is 34.8 Å². The highest BCUT2D eigenvalue weighted by atomic mass is 32.1. The van der Waals surface area contributed by atoms with E-state index in [-0.39, 0.29) is 24.2 Å². The molecule has 0 saturated heterocycles. The van der Waals surface area contributed by atoms with Gasteiger partial charge in [-0.25, -0.2) is 4.98 Å². The number of carbonyl (C=O) groups excluding carboxylic acids is 2. The molecule has 3 rings (SSSR count). The van der Waals surface area contributed by atoms with Crippen molar-refractivity contribution in [2.24, 2.45) is 5.92 Å². The molecule has 2 aromatic rings. The zero-order valence-electron chi connectivity index (χ0n) is 13.6. The van der Waals surface area contributed by atoms with Crippen LogP contribution in [-0.4, -0.2) is 23.9 Å². The maximum absolute atomic E-state index is 12.2. The normalized spacial score (nSPS) is 13.4. The molecule has 7 heteroatoms. The zero-order chi connectivity index (χ0) is 17.1. The molecule has 24 heavy (non-hydrogen) atoms. The molecule has 0 unspecified atom stereocenters. The average Bonchev–Trinajstić information content (AvgIpc) is 3.32. The van der Waals surface area contributed by atoms with Crippen molar-refractivity contribution in [2.45, 2.75) is 26.2 Å². The molecule has 1 aromatic carbocycles. The fourth-order valence-electron chi connectivity index (χ4n) is 2.26. The number of carbonyl (C=O) groups is 2. The molecule has 2 N–H and O–H groups in total. The topological polar surface area (TPSA) is 80.3 Å². The summed E-state index contributed by atoms with van der Waals surface area (Å²) < 4.78 is 5.28. The van der Waals surface area contributed by atoms with Crippen LogP contribution in [0.1, 0.15) is 24.1 Å². The number of hydrogen-bond acceptors (Lipinski definition) is 5. The number of aryl methyl sites for hydroxylation is 1. The molecule has 6 nitrogen and oxygen atoms in total. The molecular weight excluding hydrogens is 326 g/mol. The summed E-state index contributed by atoms with van der Waals surface area (Å²) in [7, 11) is 1.57. The third-order valence-electron chi connectivity index (χ3n) is 3.70. The van der Waals surface area contributed by atoms with Crippen molar-refractivity contribution in [2.75, 3.05) is 17.7 Å². The molecule has 0 spiro atoms. The van der Waals surface area contributed by atoms with Crippen LogP contribution in [0.4, 0.5) is 10.8 Å². The van der Waals surface area contributed by atoms with Gasteiger partial charge in [0.15, 0.2) is 5.13 Å². The number of nitrogens with one attached hydrogen (secondary N) is 2. The van der Waals surface area contributed by atoms with Crippen LogP contribution in [0.2, 0.25) is 0 Å². The first kappa shape index (κ1) is 16.4. The summed E-state index contributed by atoms with van der Waals surface area (Å²) in [5.41, 5.74) is 2.32. The van der Waals surface area contributed by atoms with Gasteiger partial charge in [0.2, 0.25) is 11.8 Å². The first-order chi connectivity index (χ1) is 11.5. The highest BCUT2D eigenvalue weighted by Gasteiger charge is 2.30.